The van der Waals surface area contributed by atoms with E-state index in [0.717, 1.165) is 12.4 Å². The van der Waals surface area contributed by atoms with Gasteiger partial charge in [0.05, 0.1) is 11.3 Å². The molecule has 0 radical (unpaired) electrons. The van der Waals surface area contributed by atoms with Crippen molar-refractivity contribution in [2.24, 2.45) is 5.73 Å². The second kappa shape index (κ2) is 4.82. The van der Waals surface area contributed by atoms with Crippen LogP contribution in [0.5, 0.6) is 0 Å². The van der Waals surface area contributed by atoms with Gasteiger partial charge < -0.3 is 5.73 Å². The smallest absolute Gasteiger partial charge is 0.251 e. The minimum Gasteiger partial charge on any atom is -0.366 e. The Bertz CT molecular complexity index is 853. The van der Waals surface area contributed by atoms with Crippen LogP contribution in [0.3, 0.4) is 0 Å². The summed E-state index contributed by atoms with van der Waals surface area (Å²) in [5, 5.41) is 4.74. The van der Waals surface area contributed by atoms with E-state index in [1.54, 1.807) is 30.5 Å². The summed E-state index contributed by atoms with van der Waals surface area (Å²) in [6.45, 7) is 0. The van der Waals surface area contributed by atoms with Crippen LogP contribution in [0.1, 0.15) is 20.7 Å². The van der Waals surface area contributed by atoms with Gasteiger partial charge in [-0.15, -0.1) is 0 Å². The van der Waals surface area contributed by atoms with Crippen molar-refractivity contribution in [2.45, 2.75) is 0 Å². The lowest BCUT2D eigenvalue weighted by Gasteiger charge is -2.00. The number of halogens is 1. The van der Waals surface area contributed by atoms with Crippen LogP contribution in [0, 0.1) is 5.82 Å². The summed E-state index contributed by atoms with van der Waals surface area (Å²) in [4.78, 5) is 22.0. The first-order valence-electron chi connectivity index (χ1n) is 6.13. The minimum atomic E-state index is -0.735. The average molecular weight is 283 g/mol. The van der Waals surface area contributed by atoms with Gasteiger partial charge >= 0.3 is 0 Å². The molecule has 0 unspecified atom stereocenters. The number of fused-ring (bicyclic) bond motifs is 1. The molecular formula is C15H10FN3O2. The first kappa shape index (κ1) is 13.0. The zero-order valence-electron chi connectivity index (χ0n) is 10.8. The molecule has 1 amide bonds. The molecular weight excluding hydrogens is 273 g/mol. The third-order valence-electron chi connectivity index (χ3n) is 3.13. The van der Waals surface area contributed by atoms with Crippen molar-refractivity contribution < 1.29 is 14.0 Å². The standard InChI is InChI=1S/C15H10FN3O2/c16-11-5-10-7-19(12-3-1-9(8-20)2-4-12)18-14(10)13(6-11)15(17)21/h1-8H,(H2,17,21). The maximum absolute atomic E-state index is 13.5. The number of hydrogen-bond acceptors (Lipinski definition) is 3. The highest BCUT2D eigenvalue weighted by molar-refractivity contribution is 6.04. The summed E-state index contributed by atoms with van der Waals surface area (Å²) in [6.07, 6.45) is 2.34. The number of benzene rings is 2. The molecule has 0 aliphatic carbocycles. The number of aromatic nitrogens is 2. The highest BCUT2D eigenvalue weighted by atomic mass is 19.1. The van der Waals surface area contributed by atoms with Gasteiger partial charge in [0.15, 0.2) is 0 Å². The Kier molecular flexibility index (Phi) is 2.98. The predicted octanol–water partition coefficient (Wildman–Crippen LogP) is 2.08. The van der Waals surface area contributed by atoms with Gasteiger partial charge in [-0.25, -0.2) is 9.07 Å². The topological polar surface area (TPSA) is 78.0 Å². The van der Waals surface area contributed by atoms with Crippen molar-refractivity contribution in [1.82, 2.24) is 9.78 Å². The Morgan fingerprint density at radius 2 is 1.95 bits per heavy atom. The molecule has 6 heteroatoms. The molecule has 1 aromatic heterocycles. The van der Waals surface area contributed by atoms with E-state index in [9.17, 15) is 14.0 Å². The van der Waals surface area contributed by atoms with Gasteiger partial charge in [0, 0.05) is 17.1 Å². The van der Waals surface area contributed by atoms with E-state index in [1.807, 2.05) is 0 Å². The molecule has 0 aliphatic rings. The number of carbonyl (C=O) groups excluding carboxylic acids is 2. The Morgan fingerprint density at radius 1 is 1.24 bits per heavy atom. The van der Waals surface area contributed by atoms with Crippen molar-refractivity contribution >= 4 is 23.1 Å². The molecule has 2 N–H and O–H groups in total. The Labute approximate surface area is 118 Å². The second-order valence-corrected chi connectivity index (χ2v) is 4.54. The van der Waals surface area contributed by atoms with Crippen LogP contribution in [-0.4, -0.2) is 22.0 Å². The molecule has 0 spiro atoms. The third-order valence-corrected chi connectivity index (χ3v) is 3.13. The van der Waals surface area contributed by atoms with E-state index in [0.29, 0.717) is 22.2 Å². The van der Waals surface area contributed by atoms with Crippen LogP contribution >= 0.6 is 0 Å². The number of aldehydes is 1. The molecule has 0 aliphatic heterocycles. The summed E-state index contributed by atoms with van der Waals surface area (Å²) in [5.74, 6) is -1.28. The SMILES string of the molecule is NC(=O)c1cc(F)cc2cn(-c3ccc(C=O)cc3)nc12. The fraction of sp³-hybridized carbons (Fsp3) is 0. The monoisotopic (exact) mass is 283 g/mol. The number of nitrogens with zero attached hydrogens (tertiary/aromatic N) is 2. The van der Waals surface area contributed by atoms with Crippen LogP contribution in [0.4, 0.5) is 4.39 Å². The maximum Gasteiger partial charge on any atom is 0.251 e. The lowest BCUT2D eigenvalue weighted by molar-refractivity contribution is 0.100. The molecule has 0 bridgehead atoms. The van der Waals surface area contributed by atoms with E-state index in [-0.39, 0.29) is 5.56 Å². The molecule has 5 nitrogen and oxygen atoms in total. The van der Waals surface area contributed by atoms with Gasteiger partial charge in [0.1, 0.15) is 17.6 Å². The van der Waals surface area contributed by atoms with Gasteiger partial charge in [-0.05, 0) is 36.4 Å². The van der Waals surface area contributed by atoms with Crippen LogP contribution in [0.25, 0.3) is 16.6 Å². The van der Waals surface area contributed by atoms with Gasteiger partial charge in [-0.2, -0.15) is 5.10 Å². The van der Waals surface area contributed by atoms with E-state index < -0.39 is 11.7 Å². The first-order valence-corrected chi connectivity index (χ1v) is 6.13. The van der Waals surface area contributed by atoms with Crippen LogP contribution < -0.4 is 5.73 Å². The highest BCUT2D eigenvalue weighted by Gasteiger charge is 2.13. The zero-order chi connectivity index (χ0) is 15.0. The lowest BCUT2D eigenvalue weighted by atomic mass is 10.1. The van der Waals surface area contributed by atoms with Crippen molar-refractivity contribution in [3.05, 3.63) is 59.5 Å². The molecule has 2 aromatic carbocycles. The molecule has 3 aromatic rings. The van der Waals surface area contributed by atoms with E-state index >= 15 is 0 Å². The number of amides is 1. The molecule has 0 fully saturated rings. The fourth-order valence-corrected chi connectivity index (χ4v) is 2.12. The van der Waals surface area contributed by atoms with Gasteiger partial charge in [-0.1, -0.05) is 0 Å². The number of rotatable bonds is 3. The third kappa shape index (κ3) is 2.27. The van der Waals surface area contributed by atoms with Crippen molar-refractivity contribution in [3.8, 4) is 5.69 Å². The van der Waals surface area contributed by atoms with Crippen LogP contribution in [0.15, 0.2) is 42.6 Å². The summed E-state index contributed by atoms with van der Waals surface area (Å²) >= 11 is 0. The predicted molar refractivity (Wildman–Crippen MR) is 74.9 cm³/mol. The molecule has 104 valence electrons. The molecule has 0 atom stereocenters. The number of hydrogen-bond donors (Lipinski definition) is 1. The molecule has 1 heterocycles. The first-order chi connectivity index (χ1) is 10.1. The van der Waals surface area contributed by atoms with Crippen molar-refractivity contribution in [1.29, 1.82) is 0 Å². The summed E-state index contributed by atoms with van der Waals surface area (Å²) < 4.78 is 15.0. The Hall–Kier alpha value is -3.02. The normalized spacial score (nSPS) is 10.7. The van der Waals surface area contributed by atoms with Gasteiger partial charge in [0.25, 0.3) is 5.91 Å². The van der Waals surface area contributed by atoms with Crippen LogP contribution in [0.2, 0.25) is 0 Å². The molecule has 0 saturated heterocycles. The zero-order valence-corrected chi connectivity index (χ0v) is 10.8. The summed E-state index contributed by atoms with van der Waals surface area (Å²) in [5.41, 5.74) is 6.84. The molecule has 21 heavy (non-hydrogen) atoms. The van der Waals surface area contributed by atoms with E-state index in [1.165, 1.54) is 10.7 Å². The lowest BCUT2D eigenvalue weighted by Crippen LogP contribution is -2.12. The van der Waals surface area contributed by atoms with E-state index in [4.69, 9.17) is 5.73 Å². The number of nitrogens with two attached hydrogens (primary N) is 1. The van der Waals surface area contributed by atoms with Crippen molar-refractivity contribution in [3.63, 3.8) is 0 Å². The van der Waals surface area contributed by atoms with Gasteiger partial charge in [-0.3, -0.25) is 9.59 Å². The fourth-order valence-electron chi connectivity index (χ4n) is 2.12. The Balaban J connectivity index is 2.18. The Morgan fingerprint density at radius 3 is 2.57 bits per heavy atom. The largest absolute Gasteiger partial charge is 0.366 e. The second-order valence-electron chi connectivity index (χ2n) is 4.54. The summed E-state index contributed by atoms with van der Waals surface area (Å²) in [7, 11) is 0. The quantitative estimate of drug-likeness (QED) is 0.747. The average Bonchev–Trinajstić information content (AvgIpc) is 2.90. The summed E-state index contributed by atoms with van der Waals surface area (Å²) in [6, 6.07) is 9.04. The van der Waals surface area contributed by atoms with Crippen LogP contribution in [-0.2, 0) is 0 Å². The number of carbonyl (C=O) groups is 2. The highest BCUT2D eigenvalue weighted by Crippen LogP contribution is 2.21. The van der Waals surface area contributed by atoms with E-state index in [2.05, 4.69) is 5.10 Å². The number of primary amides is 1. The molecule has 3 rings (SSSR count). The molecule has 0 saturated carbocycles. The van der Waals surface area contributed by atoms with Crippen molar-refractivity contribution in [2.75, 3.05) is 0 Å². The minimum absolute atomic E-state index is 0.0354. The van der Waals surface area contributed by atoms with Gasteiger partial charge in [0.2, 0.25) is 0 Å². The maximum atomic E-state index is 13.5.